The van der Waals surface area contributed by atoms with Gasteiger partial charge in [-0.15, -0.1) is 0 Å². The first-order valence-electron chi connectivity index (χ1n) is 2.86. The lowest BCUT2D eigenvalue weighted by atomic mass is 10.1. The maximum absolute atomic E-state index is 8.50. The van der Waals surface area contributed by atoms with Gasteiger partial charge in [0.1, 0.15) is 6.07 Å². The molecule has 0 aromatic carbocycles. The molecular formula is C7H7N3. The minimum absolute atomic E-state index is 0.542. The number of rotatable bonds is 0. The smallest absolute Gasteiger partial charge is 0.101 e. The second kappa shape index (κ2) is 2.36. The van der Waals surface area contributed by atoms with E-state index < -0.39 is 0 Å². The van der Waals surface area contributed by atoms with Crippen molar-refractivity contribution in [1.29, 1.82) is 5.26 Å². The lowest BCUT2D eigenvalue weighted by Crippen LogP contribution is -1.93. The Morgan fingerprint density at radius 3 is 2.80 bits per heavy atom. The van der Waals surface area contributed by atoms with Gasteiger partial charge in [0.15, 0.2) is 0 Å². The third kappa shape index (κ3) is 0.914. The Hall–Kier alpha value is -1.56. The van der Waals surface area contributed by atoms with Gasteiger partial charge in [0.25, 0.3) is 0 Å². The van der Waals surface area contributed by atoms with Crippen LogP contribution in [0.2, 0.25) is 0 Å². The zero-order chi connectivity index (χ0) is 7.56. The van der Waals surface area contributed by atoms with Crippen molar-refractivity contribution in [2.45, 2.75) is 6.92 Å². The van der Waals surface area contributed by atoms with Gasteiger partial charge in [0, 0.05) is 6.20 Å². The quantitative estimate of drug-likeness (QED) is 0.570. The number of anilines is 1. The van der Waals surface area contributed by atoms with Crippen molar-refractivity contribution in [3.8, 4) is 6.07 Å². The van der Waals surface area contributed by atoms with Gasteiger partial charge >= 0.3 is 0 Å². The van der Waals surface area contributed by atoms with Crippen molar-refractivity contribution in [3.63, 3.8) is 0 Å². The van der Waals surface area contributed by atoms with Gasteiger partial charge < -0.3 is 5.73 Å². The molecule has 0 aliphatic rings. The van der Waals surface area contributed by atoms with Crippen LogP contribution in [0.25, 0.3) is 0 Å². The number of nitriles is 1. The molecule has 0 saturated heterocycles. The van der Waals surface area contributed by atoms with Crippen LogP contribution in [0.3, 0.4) is 0 Å². The first-order valence-corrected chi connectivity index (χ1v) is 2.86. The number of hydrogen-bond donors (Lipinski definition) is 1. The minimum Gasteiger partial charge on any atom is -0.397 e. The maximum atomic E-state index is 8.50. The zero-order valence-electron chi connectivity index (χ0n) is 5.63. The minimum atomic E-state index is 0.542. The van der Waals surface area contributed by atoms with E-state index in [-0.39, 0.29) is 0 Å². The van der Waals surface area contributed by atoms with Crippen molar-refractivity contribution >= 4 is 5.69 Å². The first kappa shape index (κ1) is 6.56. The van der Waals surface area contributed by atoms with E-state index in [0.29, 0.717) is 11.3 Å². The van der Waals surface area contributed by atoms with Crippen molar-refractivity contribution in [1.82, 2.24) is 4.98 Å². The number of hydrogen-bond acceptors (Lipinski definition) is 3. The molecule has 0 atom stereocenters. The van der Waals surface area contributed by atoms with E-state index in [1.165, 1.54) is 12.4 Å². The number of nitrogen functional groups attached to an aromatic ring is 1. The highest BCUT2D eigenvalue weighted by atomic mass is 14.7. The van der Waals surface area contributed by atoms with E-state index in [0.717, 1.165) is 5.56 Å². The Kier molecular flexibility index (Phi) is 1.55. The Bertz CT molecular complexity index is 285. The van der Waals surface area contributed by atoms with Crippen LogP contribution in [-0.2, 0) is 0 Å². The molecule has 0 unspecified atom stereocenters. The molecule has 0 amide bonds. The summed E-state index contributed by atoms with van der Waals surface area (Å²) in [6, 6.07) is 1.99. The van der Waals surface area contributed by atoms with Crippen LogP contribution in [0, 0.1) is 18.3 Å². The van der Waals surface area contributed by atoms with E-state index in [1.807, 2.05) is 6.07 Å². The number of nitrogens with two attached hydrogens (primary N) is 1. The normalized spacial score (nSPS) is 8.80. The summed E-state index contributed by atoms with van der Waals surface area (Å²) in [5, 5.41) is 8.50. The molecule has 10 heavy (non-hydrogen) atoms. The fraction of sp³-hybridized carbons (Fsp3) is 0.143. The fourth-order valence-corrected chi connectivity index (χ4v) is 0.654. The lowest BCUT2D eigenvalue weighted by Gasteiger charge is -1.97. The van der Waals surface area contributed by atoms with Crippen molar-refractivity contribution in [3.05, 3.63) is 23.5 Å². The van der Waals surface area contributed by atoms with Crippen LogP contribution in [0.4, 0.5) is 5.69 Å². The molecule has 1 rings (SSSR count). The van der Waals surface area contributed by atoms with Gasteiger partial charge in [-0.25, -0.2) is 0 Å². The van der Waals surface area contributed by atoms with Gasteiger partial charge in [-0.3, -0.25) is 4.98 Å². The SMILES string of the molecule is Cc1c(N)cncc1C#N. The first-order chi connectivity index (χ1) is 4.75. The molecular weight excluding hydrogens is 126 g/mol. The molecule has 0 radical (unpaired) electrons. The van der Waals surface area contributed by atoms with Crippen molar-refractivity contribution in [2.24, 2.45) is 0 Å². The molecule has 2 N–H and O–H groups in total. The number of pyridine rings is 1. The Morgan fingerprint density at radius 1 is 1.60 bits per heavy atom. The molecule has 50 valence electrons. The van der Waals surface area contributed by atoms with Crippen LogP contribution in [0.1, 0.15) is 11.1 Å². The highest BCUT2D eigenvalue weighted by Gasteiger charge is 1.98. The second-order valence-electron chi connectivity index (χ2n) is 2.01. The molecule has 1 aromatic rings. The third-order valence-electron chi connectivity index (χ3n) is 1.37. The molecule has 0 fully saturated rings. The third-order valence-corrected chi connectivity index (χ3v) is 1.37. The molecule has 0 bridgehead atoms. The van der Waals surface area contributed by atoms with Crippen LogP contribution in [0.15, 0.2) is 12.4 Å². The van der Waals surface area contributed by atoms with E-state index in [2.05, 4.69) is 4.98 Å². The predicted molar refractivity (Wildman–Crippen MR) is 38.1 cm³/mol. The van der Waals surface area contributed by atoms with Crippen LogP contribution in [0.5, 0.6) is 0 Å². The Morgan fingerprint density at radius 2 is 2.30 bits per heavy atom. The van der Waals surface area contributed by atoms with Crippen molar-refractivity contribution < 1.29 is 0 Å². The zero-order valence-corrected chi connectivity index (χ0v) is 5.63. The monoisotopic (exact) mass is 133 g/mol. The van der Waals surface area contributed by atoms with Crippen LogP contribution >= 0.6 is 0 Å². The number of aromatic nitrogens is 1. The highest BCUT2D eigenvalue weighted by Crippen LogP contribution is 2.11. The Labute approximate surface area is 59.1 Å². The summed E-state index contributed by atoms with van der Waals surface area (Å²) < 4.78 is 0. The summed E-state index contributed by atoms with van der Waals surface area (Å²) >= 11 is 0. The number of nitrogens with zero attached hydrogens (tertiary/aromatic N) is 2. The molecule has 0 aliphatic carbocycles. The molecule has 3 heteroatoms. The average Bonchev–Trinajstić information content (AvgIpc) is 1.95. The Balaban J connectivity index is 3.31. The fourth-order valence-electron chi connectivity index (χ4n) is 0.654. The lowest BCUT2D eigenvalue weighted by molar-refractivity contribution is 1.26. The topological polar surface area (TPSA) is 62.7 Å². The summed E-state index contributed by atoms with van der Waals surface area (Å²) in [5.74, 6) is 0. The molecule has 0 saturated carbocycles. The summed E-state index contributed by atoms with van der Waals surface area (Å²) in [6.07, 6.45) is 3.04. The van der Waals surface area contributed by atoms with Crippen LogP contribution < -0.4 is 5.73 Å². The van der Waals surface area contributed by atoms with E-state index >= 15 is 0 Å². The summed E-state index contributed by atoms with van der Waals surface area (Å²) in [7, 11) is 0. The molecule has 1 heterocycles. The van der Waals surface area contributed by atoms with E-state index in [9.17, 15) is 0 Å². The van der Waals surface area contributed by atoms with Gasteiger partial charge in [-0.05, 0) is 12.5 Å². The van der Waals surface area contributed by atoms with Gasteiger partial charge in [-0.1, -0.05) is 0 Å². The largest absolute Gasteiger partial charge is 0.397 e. The van der Waals surface area contributed by atoms with E-state index in [1.54, 1.807) is 6.92 Å². The predicted octanol–water partition coefficient (Wildman–Crippen LogP) is 0.844. The second-order valence-corrected chi connectivity index (χ2v) is 2.01. The standard InChI is InChI=1S/C7H7N3/c1-5-6(2-8)3-10-4-7(5)9/h3-4H,9H2,1H3. The van der Waals surface area contributed by atoms with Gasteiger partial charge in [-0.2, -0.15) is 5.26 Å². The van der Waals surface area contributed by atoms with E-state index in [4.69, 9.17) is 11.0 Å². The molecule has 0 spiro atoms. The summed E-state index contributed by atoms with van der Waals surface area (Å²) in [4.78, 5) is 3.77. The molecule has 0 aliphatic heterocycles. The summed E-state index contributed by atoms with van der Waals surface area (Å²) in [5.41, 5.74) is 7.40. The van der Waals surface area contributed by atoms with Crippen molar-refractivity contribution in [2.75, 3.05) is 5.73 Å². The van der Waals surface area contributed by atoms with Gasteiger partial charge in [0.05, 0.1) is 17.4 Å². The summed E-state index contributed by atoms with van der Waals surface area (Å²) in [6.45, 7) is 1.80. The average molecular weight is 133 g/mol. The maximum Gasteiger partial charge on any atom is 0.101 e. The molecule has 3 nitrogen and oxygen atoms in total. The molecule has 1 aromatic heterocycles. The van der Waals surface area contributed by atoms with Gasteiger partial charge in [0.2, 0.25) is 0 Å². The highest BCUT2D eigenvalue weighted by molar-refractivity contribution is 5.51. The van der Waals surface area contributed by atoms with Crippen LogP contribution in [-0.4, -0.2) is 4.98 Å².